The largest absolute Gasteiger partial charge is 0.463 e. The Kier molecular flexibility index (Phi) is 4.17. The normalized spacial score (nSPS) is 17.8. The number of nitrogen functional groups attached to an aromatic ring is 1. The zero-order chi connectivity index (χ0) is 18.9. The fourth-order valence-electron chi connectivity index (χ4n) is 3.31. The molecule has 27 heavy (non-hydrogen) atoms. The maximum atomic E-state index is 11.8. The molecule has 1 aliphatic heterocycles. The van der Waals surface area contributed by atoms with E-state index in [1.165, 1.54) is 0 Å². The molecule has 4 N–H and O–H groups in total. The highest BCUT2D eigenvalue weighted by Gasteiger charge is 2.42. The number of nitrogens with zero attached hydrogens (tertiary/aromatic N) is 4. The molecule has 2 aromatic heterocycles. The van der Waals surface area contributed by atoms with E-state index in [1.807, 2.05) is 30.3 Å². The fourth-order valence-corrected chi connectivity index (χ4v) is 3.31. The summed E-state index contributed by atoms with van der Waals surface area (Å²) >= 11 is 0. The minimum Gasteiger partial charge on any atom is -0.463 e. The van der Waals surface area contributed by atoms with Gasteiger partial charge in [-0.15, -0.1) is 4.59 Å². The van der Waals surface area contributed by atoms with Crippen LogP contribution < -0.4 is 16.1 Å². The van der Waals surface area contributed by atoms with Gasteiger partial charge in [0.1, 0.15) is 24.0 Å². The standard InChI is InChI=1S/C19H18N6O2/c20-16(26)12-25(9-8-13-5-2-1-3-6-13)18-14(11-22-25)17(23-19(21)24-18)15-7-4-10-27-15/h1-7,10-11H,8-9,12H2,(H3-,20,21,22,23,24,26)/p+1. The van der Waals surface area contributed by atoms with Gasteiger partial charge in [-0.25, -0.2) is 4.98 Å². The van der Waals surface area contributed by atoms with Crippen molar-refractivity contribution in [2.75, 3.05) is 18.8 Å². The van der Waals surface area contributed by atoms with Crippen molar-refractivity contribution in [1.29, 1.82) is 0 Å². The first kappa shape index (κ1) is 16.9. The zero-order valence-electron chi connectivity index (χ0n) is 14.6. The smallest absolute Gasteiger partial charge is 0.275 e. The lowest BCUT2D eigenvalue weighted by atomic mass is 10.1. The van der Waals surface area contributed by atoms with Crippen LogP contribution in [0.15, 0.2) is 58.2 Å². The summed E-state index contributed by atoms with van der Waals surface area (Å²) in [5.41, 5.74) is 13.9. The highest BCUT2D eigenvalue weighted by molar-refractivity contribution is 5.97. The van der Waals surface area contributed by atoms with Gasteiger partial charge in [0.25, 0.3) is 11.7 Å². The Balaban J connectivity index is 1.77. The number of amides is 1. The van der Waals surface area contributed by atoms with Crippen molar-refractivity contribution < 1.29 is 9.21 Å². The number of rotatable bonds is 6. The molecular weight excluding hydrogens is 344 g/mol. The van der Waals surface area contributed by atoms with Crippen LogP contribution in [0.4, 0.5) is 11.8 Å². The van der Waals surface area contributed by atoms with Gasteiger partial charge in [0.2, 0.25) is 5.95 Å². The quantitative estimate of drug-likeness (QED) is 0.646. The average molecular weight is 363 g/mol. The lowest BCUT2D eigenvalue weighted by Gasteiger charge is -2.27. The Morgan fingerprint density at radius 3 is 2.63 bits per heavy atom. The van der Waals surface area contributed by atoms with Gasteiger partial charge >= 0.3 is 0 Å². The van der Waals surface area contributed by atoms with Crippen LogP contribution in [-0.2, 0) is 11.2 Å². The summed E-state index contributed by atoms with van der Waals surface area (Å²) in [6.45, 7) is 0.509. The Morgan fingerprint density at radius 1 is 1.11 bits per heavy atom. The van der Waals surface area contributed by atoms with Gasteiger partial charge in [0, 0.05) is 6.42 Å². The third-order valence-corrected chi connectivity index (χ3v) is 4.53. The molecule has 0 bridgehead atoms. The van der Waals surface area contributed by atoms with E-state index >= 15 is 0 Å². The number of carbonyl (C=O) groups excluding carboxylic acids is 1. The van der Waals surface area contributed by atoms with E-state index in [-0.39, 0.29) is 17.1 Å². The van der Waals surface area contributed by atoms with Gasteiger partial charge in [0.15, 0.2) is 12.3 Å². The topological polar surface area (TPSA) is 120 Å². The van der Waals surface area contributed by atoms with Gasteiger partial charge in [-0.1, -0.05) is 35.4 Å². The Hall–Kier alpha value is -3.52. The number of hydrogen-bond donors (Lipinski definition) is 2. The summed E-state index contributed by atoms with van der Waals surface area (Å²) < 4.78 is 5.43. The zero-order valence-corrected chi connectivity index (χ0v) is 14.6. The number of primary amides is 1. The minimum absolute atomic E-state index is 0.00954. The highest BCUT2D eigenvalue weighted by atomic mass is 16.3. The predicted molar refractivity (Wildman–Crippen MR) is 103 cm³/mol. The third kappa shape index (κ3) is 3.18. The summed E-state index contributed by atoms with van der Waals surface area (Å²) in [5, 5.41) is 4.61. The second-order valence-corrected chi connectivity index (χ2v) is 6.40. The monoisotopic (exact) mass is 363 g/mol. The van der Waals surface area contributed by atoms with E-state index < -0.39 is 5.91 Å². The first-order valence-electron chi connectivity index (χ1n) is 8.54. The van der Waals surface area contributed by atoms with Crippen LogP contribution >= 0.6 is 0 Å². The first-order valence-corrected chi connectivity index (χ1v) is 8.54. The second-order valence-electron chi connectivity index (χ2n) is 6.40. The predicted octanol–water partition coefficient (Wildman–Crippen LogP) is 1.70. The molecule has 0 spiro atoms. The summed E-state index contributed by atoms with van der Waals surface area (Å²) in [6, 6.07) is 13.5. The third-order valence-electron chi connectivity index (χ3n) is 4.53. The van der Waals surface area contributed by atoms with E-state index in [0.29, 0.717) is 35.8 Å². The molecule has 0 aliphatic carbocycles. The first-order chi connectivity index (χ1) is 13.1. The van der Waals surface area contributed by atoms with Gasteiger partial charge in [-0.3, -0.25) is 4.79 Å². The number of nitrogens with two attached hydrogens (primary N) is 2. The van der Waals surface area contributed by atoms with E-state index in [1.54, 1.807) is 24.6 Å². The average Bonchev–Trinajstić information content (AvgIpc) is 3.29. The Bertz CT molecular complexity index is 1000. The molecule has 4 rings (SSSR count). The lowest BCUT2D eigenvalue weighted by Crippen LogP contribution is -2.50. The number of carbonyl (C=O) groups is 1. The van der Waals surface area contributed by atoms with Crippen LogP contribution in [0.5, 0.6) is 0 Å². The number of benzene rings is 1. The van der Waals surface area contributed by atoms with Crippen molar-refractivity contribution >= 4 is 23.9 Å². The molecule has 3 heterocycles. The molecule has 0 fully saturated rings. The molecule has 8 heteroatoms. The minimum atomic E-state index is -0.468. The van der Waals surface area contributed by atoms with Crippen molar-refractivity contribution in [2.24, 2.45) is 10.8 Å². The van der Waals surface area contributed by atoms with Gasteiger partial charge in [0.05, 0.1) is 6.26 Å². The molecule has 1 amide bonds. The molecule has 0 saturated carbocycles. The molecule has 0 saturated heterocycles. The Labute approximate surface area is 155 Å². The van der Waals surface area contributed by atoms with Crippen molar-refractivity contribution in [3.8, 4) is 11.5 Å². The van der Waals surface area contributed by atoms with Crippen molar-refractivity contribution in [3.05, 3.63) is 59.9 Å². The molecule has 1 aromatic carbocycles. The molecule has 3 aromatic rings. The molecule has 1 aliphatic rings. The number of furan rings is 1. The van der Waals surface area contributed by atoms with E-state index in [4.69, 9.17) is 15.9 Å². The van der Waals surface area contributed by atoms with Gasteiger partial charge in [-0.05, 0) is 17.7 Å². The number of anilines is 1. The summed E-state index contributed by atoms with van der Waals surface area (Å²) in [6.07, 6.45) is 3.93. The fraction of sp³-hybridized carbons (Fsp3) is 0.158. The van der Waals surface area contributed by atoms with Crippen LogP contribution in [-0.4, -0.2) is 35.2 Å². The summed E-state index contributed by atoms with van der Waals surface area (Å²) in [7, 11) is 0. The van der Waals surface area contributed by atoms with E-state index in [2.05, 4.69) is 15.1 Å². The molecule has 1 unspecified atom stereocenters. The van der Waals surface area contributed by atoms with Crippen LogP contribution in [0.3, 0.4) is 0 Å². The Morgan fingerprint density at radius 2 is 1.93 bits per heavy atom. The molecule has 1 atom stereocenters. The molecule has 136 valence electrons. The maximum absolute atomic E-state index is 11.8. The van der Waals surface area contributed by atoms with E-state index in [9.17, 15) is 4.79 Å². The van der Waals surface area contributed by atoms with Crippen LogP contribution in [0.25, 0.3) is 11.5 Å². The van der Waals surface area contributed by atoms with E-state index in [0.717, 1.165) is 5.56 Å². The lowest BCUT2D eigenvalue weighted by molar-refractivity contribution is -0.118. The second kappa shape index (κ2) is 6.65. The van der Waals surface area contributed by atoms with Gasteiger partial charge in [-0.2, -0.15) is 4.98 Å². The van der Waals surface area contributed by atoms with Crippen molar-refractivity contribution in [3.63, 3.8) is 0 Å². The summed E-state index contributed by atoms with van der Waals surface area (Å²) in [4.78, 5) is 20.5. The number of aromatic nitrogens is 2. The van der Waals surface area contributed by atoms with Crippen LogP contribution in [0.1, 0.15) is 11.1 Å². The summed E-state index contributed by atoms with van der Waals surface area (Å²) in [5.74, 6) is 0.750. The SMILES string of the molecule is NC(=O)C[N+]1(CCc2ccccc2)N=Cc2c(-c3ccco3)nc(N)nc21. The van der Waals surface area contributed by atoms with Crippen molar-refractivity contribution in [1.82, 2.24) is 14.6 Å². The number of hydrogen-bond acceptors (Lipinski definition) is 6. The van der Waals surface area contributed by atoms with Crippen molar-refractivity contribution in [2.45, 2.75) is 6.42 Å². The number of fused-ring (bicyclic) bond motifs is 1. The molecular formula is C19H19N6O2+. The van der Waals surface area contributed by atoms with Crippen LogP contribution in [0.2, 0.25) is 0 Å². The van der Waals surface area contributed by atoms with Crippen LogP contribution in [0, 0.1) is 0 Å². The number of quaternary nitrogens is 1. The maximum Gasteiger partial charge on any atom is 0.275 e. The highest BCUT2D eigenvalue weighted by Crippen LogP contribution is 2.36. The molecule has 8 nitrogen and oxygen atoms in total. The van der Waals surface area contributed by atoms with Gasteiger partial charge < -0.3 is 15.9 Å². The molecule has 0 radical (unpaired) electrons.